The van der Waals surface area contributed by atoms with Gasteiger partial charge in [-0.2, -0.15) is 5.26 Å². The standard InChI is InChI=1S/C30H29FN2O5/c1-3-4-5-8-15-36-25-14-11-19(16-27(25)35-2)28-22-13-12-20(17-26(22)38-29(33)23(28)18-32)37-30(34)21-9-6-7-10-24(21)31/h6-7,9-14,16-17,28H,3-5,8,15,33H2,1-2H3. The van der Waals surface area contributed by atoms with Gasteiger partial charge in [-0.1, -0.05) is 50.5 Å². The largest absolute Gasteiger partial charge is 0.493 e. The molecule has 0 fully saturated rings. The number of fused-ring (bicyclic) bond motifs is 1. The molecule has 0 radical (unpaired) electrons. The molecule has 38 heavy (non-hydrogen) atoms. The summed E-state index contributed by atoms with van der Waals surface area (Å²) in [4.78, 5) is 12.5. The van der Waals surface area contributed by atoms with Crippen LogP contribution >= 0.6 is 0 Å². The van der Waals surface area contributed by atoms with Gasteiger partial charge in [0.2, 0.25) is 5.88 Å². The van der Waals surface area contributed by atoms with E-state index in [0.29, 0.717) is 29.4 Å². The van der Waals surface area contributed by atoms with E-state index < -0.39 is 17.7 Å². The minimum absolute atomic E-state index is 0.0576. The zero-order valence-electron chi connectivity index (χ0n) is 21.3. The van der Waals surface area contributed by atoms with Crippen LogP contribution in [0.1, 0.15) is 60.0 Å². The van der Waals surface area contributed by atoms with Crippen molar-refractivity contribution in [2.24, 2.45) is 5.73 Å². The molecule has 8 heteroatoms. The third-order valence-electron chi connectivity index (χ3n) is 6.27. The highest BCUT2D eigenvalue weighted by Gasteiger charge is 2.32. The van der Waals surface area contributed by atoms with Gasteiger partial charge in [-0.05, 0) is 42.3 Å². The number of halogens is 1. The second kappa shape index (κ2) is 12.2. The van der Waals surface area contributed by atoms with Crippen LogP contribution in [0.15, 0.2) is 72.1 Å². The summed E-state index contributed by atoms with van der Waals surface area (Å²) >= 11 is 0. The highest BCUT2D eigenvalue weighted by Crippen LogP contribution is 2.45. The van der Waals surface area contributed by atoms with Crippen LogP contribution < -0.4 is 24.7 Å². The van der Waals surface area contributed by atoms with Crippen molar-refractivity contribution in [3.63, 3.8) is 0 Å². The first-order chi connectivity index (χ1) is 18.5. The fraction of sp³-hybridized carbons (Fsp3) is 0.267. The van der Waals surface area contributed by atoms with Gasteiger partial charge in [0.15, 0.2) is 11.5 Å². The number of hydrogen-bond acceptors (Lipinski definition) is 7. The van der Waals surface area contributed by atoms with Gasteiger partial charge in [-0.25, -0.2) is 9.18 Å². The van der Waals surface area contributed by atoms with Crippen LogP contribution in [-0.2, 0) is 0 Å². The molecule has 1 aliphatic rings. The van der Waals surface area contributed by atoms with Crippen LogP contribution in [0, 0.1) is 17.1 Å². The zero-order chi connectivity index (χ0) is 27.1. The van der Waals surface area contributed by atoms with Crippen molar-refractivity contribution in [3.8, 4) is 29.1 Å². The van der Waals surface area contributed by atoms with E-state index in [1.54, 1.807) is 25.3 Å². The molecule has 1 heterocycles. The molecular weight excluding hydrogens is 487 g/mol. The lowest BCUT2D eigenvalue weighted by Gasteiger charge is -2.27. The summed E-state index contributed by atoms with van der Waals surface area (Å²) in [5.41, 5.74) is 7.58. The van der Waals surface area contributed by atoms with Crippen molar-refractivity contribution < 1.29 is 28.1 Å². The van der Waals surface area contributed by atoms with E-state index in [-0.39, 0.29) is 22.8 Å². The molecule has 1 atom stereocenters. The molecule has 7 nitrogen and oxygen atoms in total. The first kappa shape index (κ1) is 26.6. The molecule has 3 aromatic carbocycles. The number of nitriles is 1. The van der Waals surface area contributed by atoms with Crippen molar-refractivity contribution in [1.82, 2.24) is 0 Å². The van der Waals surface area contributed by atoms with E-state index in [1.807, 2.05) is 18.2 Å². The van der Waals surface area contributed by atoms with E-state index in [1.165, 1.54) is 24.3 Å². The Morgan fingerprint density at radius 2 is 1.89 bits per heavy atom. The lowest BCUT2D eigenvalue weighted by atomic mass is 9.83. The summed E-state index contributed by atoms with van der Waals surface area (Å²) in [6, 6.07) is 18.0. The lowest BCUT2D eigenvalue weighted by molar-refractivity contribution is 0.0729. The second-order valence-electron chi connectivity index (χ2n) is 8.81. The summed E-state index contributed by atoms with van der Waals surface area (Å²) in [6.07, 6.45) is 4.37. The van der Waals surface area contributed by atoms with Gasteiger partial charge in [-0.3, -0.25) is 0 Å². The molecule has 0 saturated carbocycles. The third kappa shape index (κ3) is 5.73. The molecule has 0 aliphatic carbocycles. The number of esters is 1. The smallest absolute Gasteiger partial charge is 0.346 e. The zero-order valence-corrected chi connectivity index (χ0v) is 21.3. The van der Waals surface area contributed by atoms with E-state index >= 15 is 0 Å². The average molecular weight is 517 g/mol. The number of unbranched alkanes of at least 4 members (excludes halogenated alkanes) is 3. The van der Waals surface area contributed by atoms with Crippen LogP contribution in [0.2, 0.25) is 0 Å². The van der Waals surface area contributed by atoms with Crippen LogP contribution in [0.3, 0.4) is 0 Å². The molecule has 0 bridgehead atoms. The Hall–Kier alpha value is -4.51. The first-order valence-corrected chi connectivity index (χ1v) is 12.5. The van der Waals surface area contributed by atoms with Crippen LogP contribution in [0.4, 0.5) is 4.39 Å². The topological polar surface area (TPSA) is 104 Å². The predicted molar refractivity (Wildman–Crippen MR) is 140 cm³/mol. The predicted octanol–water partition coefficient (Wildman–Crippen LogP) is 6.23. The summed E-state index contributed by atoms with van der Waals surface area (Å²) < 4.78 is 36.6. The van der Waals surface area contributed by atoms with Crippen molar-refractivity contribution in [3.05, 3.63) is 94.6 Å². The molecule has 0 spiro atoms. The van der Waals surface area contributed by atoms with Gasteiger partial charge in [0.1, 0.15) is 29.0 Å². The maximum atomic E-state index is 14.0. The summed E-state index contributed by atoms with van der Waals surface area (Å²) in [7, 11) is 1.56. The number of nitrogens with zero attached hydrogens (tertiary/aromatic N) is 1. The lowest BCUT2D eigenvalue weighted by Crippen LogP contribution is -2.21. The van der Waals surface area contributed by atoms with Crippen LogP contribution in [0.5, 0.6) is 23.0 Å². The van der Waals surface area contributed by atoms with Gasteiger partial charge in [0, 0.05) is 11.6 Å². The maximum Gasteiger partial charge on any atom is 0.346 e. The second-order valence-corrected chi connectivity index (χ2v) is 8.81. The number of hydrogen-bond donors (Lipinski definition) is 1. The number of carbonyl (C=O) groups excluding carboxylic acids is 1. The number of methoxy groups -OCH3 is 1. The average Bonchev–Trinajstić information content (AvgIpc) is 2.92. The Morgan fingerprint density at radius 1 is 1.08 bits per heavy atom. The van der Waals surface area contributed by atoms with Crippen molar-refractivity contribution >= 4 is 5.97 Å². The molecule has 2 N–H and O–H groups in total. The number of allylic oxidation sites excluding steroid dienone is 1. The SMILES string of the molecule is CCCCCCOc1ccc(C2C(C#N)=C(N)Oc3cc(OC(=O)c4ccccc4F)ccc32)cc1OC. The summed E-state index contributed by atoms with van der Waals surface area (Å²) in [6.45, 7) is 2.74. The van der Waals surface area contributed by atoms with Gasteiger partial charge in [-0.15, -0.1) is 0 Å². The van der Waals surface area contributed by atoms with E-state index in [9.17, 15) is 14.4 Å². The number of carbonyl (C=O) groups is 1. The molecule has 1 aliphatic heterocycles. The Balaban J connectivity index is 1.61. The minimum atomic E-state index is -0.841. The normalized spacial score (nSPS) is 14.2. The summed E-state index contributed by atoms with van der Waals surface area (Å²) in [5.74, 6) is -0.505. The molecular formula is C30H29FN2O5. The molecule has 1 unspecified atom stereocenters. The molecule has 0 saturated heterocycles. The van der Waals surface area contributed by atoms with Crippen LogP contribution in [0.25, 0.3) is 0 Å². The molecule has 0 aromatic heterocycles. The first-order valence-electron chi connectivity index (χ1n) is 12.5. The highest BCUT2D eigenvalue weighted by molar-refractivity contribution is 5.91. The van der Waals surface area contributed by atoms with Crippen molar-refractivity contribution in [2.75, 3.05) is 13.7 Å². The fourth-order valence-corrected chi connectivity index (χ4v) is 4.32. The van der Waals surface area contributed by atoms with Gasteiger partial charge < -0.3 is 24.7 Å². The monoisotopic (exact) mass is 516 g/mol. The Bertz CT molecular complexity index is 1400. The number of benzene rings is 3. The number of rotatable bonds is 10. The van der Waals surface area contributed by atoms with Crippen molar-refractivity contribution in [1.29, 1.82) is 5.26 Å². The molecule has 0 amide bonds. The Kier molecular flexibility index (Phi) is 8.49. The Morgan fingerprint density at radius 3 is 2.63 bits per heavy atom. The van der Waals surface area contributed by atoms with E-state index in [2.05, 4.69) is 13.0 Å². The van der Waals surface area contributed by atoms with Crippen molar-refractivity contribution in [2.45, 2.75) is 38.5 Å². The van der Waals surface area contributed by atoms with Gasteiger partial charge in [0.05, 0.1) is 25.2 Å². The van der Waals surface area contributed by atoms with Gasteiger partial charge in [0.25, 0.3) is 0 Å². The van der Waals surface area contributed by atoms with Gasteiger partial charge >= 0.3 is 5.97 Å². The summed E-state index contributed by atoms with van der Waals surface area (Å²) in [5, 5.41) is 9.88. The van der Waals surface area contributed by atoms with E-state index in [4.69, 9.17) is 24.7 Å². The van der Waals surface area contributed by atoms with Crippen LogP contribution in [-0.4, -0.2) is 19.7 Å². The Labute approximate surface area is 221 Å². The maximum absolute atomic E-state index is 14.0. The quantitative estimate of drug-likeness (QED) is 0.193. The molecule has 4 rings (SSSR count). The van der Waals surface area contributed by atoms with E-state index in [0.717, 1.165) is 31.2 Å². The third-order valence-corrected chi connectivity index (χ3v) is 6.27. The number of ether oxygens (including phenoxy) is 4. The number of nitrogens with two attached hydrogens (primary N) is 1. The molecule has 3 aromatic rings. The fourth-order valence-electron chi connectivity index (χ4n) is 4.32. The minimum Gasteiger partial charge on any atom is -0.493 e. The molecule has 196 valence electrons. The highest BCUT2D eigenvalue weighted by atomic mass is 19.1.